The number of carbonyl (C=O) groups is 1. The molecule has 3 heterocycles. The zero-order valence-corrected chi connectivity index (χ0v) is 15.2. The molecule has 2 fully saturated rings. The van der Waals surface area contributed by atoms with Gasteiger partial charge in [0.05, 0.1) is 17.6 Å². The lowest BCUT2D eigenvalue weighted by Gasteiger charge is -2.32. The van der Waals surface area contributed by atoms with Gasteiger partial charge in [0.2, 0.25) is 5.91 Å². The predicted molar refractivity (Wildman–Crippen MR) is 99.2 cm³/mol. The monoisotopic (exact) mass is 340 g/mol. The van der Waals surface area contributed by atoms with Gasteiger partial charge in [-0.1, -0.05) is 12.1 Å². The molecule has 0 bridgehead atoms. The van der Waals surface area contributed by atoms with Crippen LogP contribution in [0, 0.1) is 5.92 Å². The minimum atomic E-state index is 0.209. The van der Waals surface area contributed by atoms with Crippen LogP contribution in [0.3, 0.4) is 0 Å². The first-order chi connectivity index (χ1) is 12.2. The third-order valence-corrected chi connectivity index (χ3v) is 5.80. The van der Waals surface area contributed by atoms with Gasteiger partial charge in [-0.2, -0.15) is 0 Å². The van der Waals surface area contributed by atoms with Crippen LogP contribution in [-0.4, -0.2) is 51.4 Å². The van der Waals surface area contributed by atoms with E-state index in [2.05, 4.69) is 33.7 Å². The van der Waals surface area contributed by atoms with Crippen molar-refractivity contribution in [3.63, 3.8) is 0 Å². The third kappa shape index (κ3) is 3.56. The van der Waals surface area contributed by atoms with E-state index < -0.39 is 0 Å². The molecule has 0 spiro atoms. The van der Waals surface area contributed by atoms with Crippen molar-refractivity contribution in [3.8, 4) is 0 Å². The Hall–Kier alpha value is -1.88. The highest BCUT2D eigenvalue weighted by atomic mass is 16.2. The zero-order valence-electron chi connectivity index (χ0n) is 15.2. The summed E-state index contributed by atoms with van der Waals surface area (Å²) in [6, 6.07) is 8.50. The molecule has 0 N–H and O–H groups in total. The van der Waals surface area contributed by atoms with Crippen LogP contribution in [0.2, 0.25) is 0 Å². The number of hydrogen-bond donors (Lipinski definition) is 0. The van der Waals surface area contributed by atoms with Gasteiger partial charge >= 0.3 is 0 Å². The number of fused-ring (bicyclic) bond motifs is 1. The molecule has 0 saturated carbocycles. The number of para-hydroxylation sites is 2. The second-order valence-electron chi connectivity index (χ2n) is 7.56. The predicted octanol–water partition coefficient (Wildman–Crippen LogP) is 2.89. The Morgan fingerprint density at radius 2 is 1.84 bits per heavy atom. The van der Waals surface area contributed by atoms with Crippen LogP contribution in [-0.2, 0) is 17.9 Å². The van der Waals surface area contributed by atoms with Crippen LogP contribution in [0.15, 0.2) is 24.3 Å². The standard InChI is InChI=1S/C20H28N4O/c1-16(25)23-12-8-17(9-13-23)14-24-19-7-3-2-6-18(19)21-20(24)15-22-10-4-5-11-22/h2-3,6-7,17H,4-5,8-15H2,1H3. The van der Waals surface area contributed by atoms with Gasteiger partial charge in [-0.3, -0.25) is 9.69 Å². The molecule has 5 nitrogen and oxygen atoms in total. The van der Waals surface area contributed by atoms with Crippen LogP contribution in [0.4, 0.5) is 0 Å². The number of aromatic nitrogens is 2. The number of imidazole rings is 1. The molecule has 2 aliphatic rings. The molecule has 0 aliphatic carbocycles. The highest BCUT2D eigenvalue weighted by molar-refractivity contribution is 5.76. The van der Waals surface area contributed by atoms with Gasteiger partial charge in [-0.25, -0.2) is 4.98 Å². The Bertz CT molecular complexity index is 739. The quantitative estimate of drug-likeness (QED) is 0.859. The summed E-state index contributed by atoms with van der Waals surface area (Å²) in [6.07, 6.45) is 4.80. The smallest absolute Gasteiger partial charge is 0.219 e. The van der Waals surface area contributed by atoms with E-state index in [1.165, 1.54) is 37.3 Å². The Balaban J connectivity index is 1.54. The van der Waals surface area contributed by atoms with Crippen molar-refractivity contribution < 1.29 is 4.79 Å². The topological polar surface area (TPSA) is 41.4 Å². The molecule has 25 heavy (non-hydrogen) atoms. The molecule has 0 radical (unpaired) electrons. The summed E-state index contributed by atoms with van der Waals surface area (Å²) in [5.41, 5.74) is 2.36. The maximum atomic E-state index is 11.5. The maximum absolute atomic E-state index is 11.5. The maximum Gasteiger partial charge on any atom is 0.219 e. The molecular weight excluding hydrogens is 312 g/mol. The van der Waals surface area contributed by atoms with Gasteiger partial charge in [0.25, 0.3) is 0 Å². The van der Waals surface area contributed by atoms with E-state index in [-0.39, 0.29) is 5.91 Å². The van der Waals surface area contributed by atoms with Crippen LogP contribution < -0.4 is 0 Å². The lowest BCUT2D eigenvalue weighted by molar-refractivity contribution is -0.130. The average Bonchev–Trinajstić information content (AvgIpc) is 3.24. The summed E-state index contributed by atoms with van der Waals surface area (Å²) in [5, 5.41) is 0. The molecule has 2 saturated heterocycles. The summed E-state index contributed by atoms with van der Waals surface area (Å²) < 4.78 is 2.45. The molecule has 4 rings (SSSR count). The third-order valence-electron chi connectivity index (χ3n) is 5.80. The largest absolute Gasteiger partial charge is 0.343 e. The normalized spacial score (nSPS) is 19.8. The van der Waals surface area contributed by atoms with Crippen molar-refractivity contribution in [1.82, 2.24) is 19.4 Å². The first-order valence-corrected chi connectivity index (χ1v) is 9.63. The summed E-state index contributed by atoms with van der Waals surface area (Å²) >= 11 is 0. The molecule has 1 amide bonds. The van der Waals surface area contributed by atoms with Gasteiger partial charge in [-0.15, -0.1) is 0 Å². The number of likely N-dealkylation sites (tertiary alicyclic amines) is 2. The fraction of sp³-hybridized carbons (Fsp3) is 0.600. The number of carbonyl (C=O) groups excluding carboxylic acids is 1. The molecule has 2 aliphatic heterocycles. The van der Waals surface area contributed by atoms with Gasteiger partial charge in [0, 0.05) is 26.6 Å². The summed E-state index contributed by atoms with van der Waals surface area (Å²) in [5.74, 6) is 2.05. The van der Waals surface area contributed by atoms with Crippen molar-refractivity contribution in [2.75, 3.05) is 26.2 Å². The average molecular weight is 340 g/mol. The zero-order chi connectivity index (χ0) is 17.2. The molecule has 5 heteroatoms. The highest BCUT2D eigenvalue weighted by Gasteiger charge is 2.23. The van der Waals surface area contributed by atoms with E-state index in [0.29, 0.717) is 5.92 Å². The number of piperidine rings is 1. The van der Waals surface area contributed by atoms with E-state index in [0.717, 1.165) is 44.5 Å². The number of hydrogen-bond acceptors (Lipinski definition) is 3. The lowest BCUT2D eigenvalue weighted by atomic mass is 9.96. The molecule has 0 atom stereocenters. The van der Waals surface area contributed by atoms with Gasteiger partial charge < -0.3 is 9.47 Å². The van der Waals surface area contributed by atoms with Crippen molar-refractivity contribution in [2.24, 2.45) is 5.92 Å². The van der Waals surface area contributed by atoms with E-state index >= 15 is 0 Å². The number of nitrogens with zero attached hydrogens (tertiary/aromatic N) is 4. The Labute approximate surface area is 149 Å². The van der Waals surface area contributed by atoms with Crippen molar-refractivity contribution in [3.05, 3.63) is 30.1 Å². The van der Waals surface area contributed by atoms with Crippen molar-refractivity contribution in [1.29, 1.82) is 0 Å². The second kappa shape index (κ2) is 7.16. The molecule has 134 valence electrons. The van der Waals surface area contributed by atoms with E-state index in [4.69, 9.17) is 4.98 Å². The van der Waals surface area contributed by atoms with E-state index in [1.54, 1.807) is 6.92 Å². The summed E-state index contributed by atoms with van der Waals surface area (Å²) in [6.45, 7) is 7.84. The van der Waals surface area contributed by atoms with Crippen molar-refractivity contribution in [2.45, 2.75) is 45.7 Å². The highest BCUT2D eigenvalue weighted by Crippen LogP contribution is 2.25. The van der Waals surface area contributed by atoms with E-state index in [1.807, 2.05) is 4.90 Å². The molecule has 1 aromatic heterocycles. The summed E-state index contributed by atoms with van der Waals surface area (Å²) in [4.78, 5) is 21.0. The molecule has 0 unspecified atom stereocenters. The van der Waals surface area contributed by atoms with E-state index in [9.17, 15) is 4.79 Å². The molecular formula is C20H28N4O. The van der Waals surface area contributed by atoms with Crippen LogP contribution in [0.1, 0.15) is 38.4 Å². The Morgan fingerprint density at radius 3 is 2.56 bits per heavy atom. The lowest BCUT2D eigenvalue weighted by Crippen LogP contribution is -2.38. The Morgan fingerprint density at radius 1 is 1.12 bits per heavy atom. The van der Waals surface area contributed by atoms with Crippen LogP contribution >= 0.6 is 0 Å². The van der Waals surface area contributed by atoms with Crippen LogP contribution in [0.5, 0.6) is 0 Å². The molecule has 2 aromatic rings. The number of amides is 1. The number of rotatable bonds is 4. The van der Waals surface area contributed by atoms with Gasteiger partial charge in [-0.05, 0) is 56.8 Å². The van der Waals surface area contributed by atoms with Gasteiger partial charge in [0.15, 0.2) is 0 Å². The van der Waals surface area contributed by atoms with Gasteiger partial charge in [0.1, 0.15) is 5.82 Å². The first kappa shape index (κ1) is 16.6. The van der Waals surface area contributed by atoms with Crippen molar-refractivity contribution >= 4 is 16.9 Å². The minimum Gasteiger partial charge on any atom is -0.343 e. The summed E-state index contributed by atoms with van der Waals surface area (Å²) in [7, 11) is 0. The second-order valence-corrected chi connectivity index (χ2v) is 7.56. The minimum absolute atomic E-state index is 0.209. The number of benzene rings is 1. The Kier molecular flexibility index (Phi) is 4.75. The SMILES string of the molecule is CC(=O)N1CCC(Cn2c(CN3CCCC3)nc3ccccc32)CC1. The van der Waals surface area contributed by atoms with Crippen LogP contribution in [0.25, 0.3) is 11.0 Å². The first-order valence-electron chi connectivity index (χ1n) is 9.63. The molecule has 1 aromatic carbocycles. The fourth-order valence-electron chi connectivity index (χ4n) is 4.28. The fourth-order valence-corrected chi connectivity index (χ4v) is 4.28.